The van der Waals surface area contributed by atoms with Gasteiger partial charge >= 0.3 is 0 Å². The fourth-order valence-electron chi connectivity index (χ4n) is 3.14. The molecule has 0 saturated heterocycles. The van der Waals surface area contributed by atoms with Gasteiger partial charge in [0.2, 0.25) is 0 Å². The van der Waals surface area contributed by atoms with Crippen LogP contribution in [-0.4, -0.2) is 31.5 Å². The number of rotatable bonds is 4. The molecular weight excluding hydrogens is 380 g/mol. The highest BCUT2D eigenvalue weighted by Crippen LogP contribution is 2.27. The van der Waals surface area contributed by atoms with Gasteiger partial charge in [0.25, 0.3) is 0 Å². The van der Waals surface area contributed by atoms with Gasteiger partial charge < -0.3 is 9.97 Å². The highest BCUT2D eigenvalue weighted by molar-refractivity contribution is 7.99. The first-order chi connectivity index (χ1) is 13.2. The summed E-state index contributed by atoms with van der Waals surface area (Å²) in [6.45, 7) is 0. The van der Waals surface area contributed by atoms with Crippen LogP contribution in [0.25, 0.3) is 33.0 Å². The lowest BCUT2D eigenvalue weighted by molar-refractivity contribution is 0.102. The van der Waals surface area contributed by atoms with Crippen LogP contribution in [0, 0.1) is 0 Å². The molecule has 5 nitrogen and oxygen atoms in total. The van der Waals surface area contributed by atoms with Crippen molar-refractivity contribution in [3.63, 3.8) is 0 Å². The number of Topliss-reactive ketones (excluding diaryl/α,β-unsaturated/α-hetero) is 1. The molecule has 2 N–H and O–H groups in total. The van der Waals surface area contributed by atoms with Gasteiger partial charge in [-0.25, -0.2) is 9.97 Å². The Balaban J connectivity index is 1.42. The molecule has 0 bridgehead atoms. The smallest absolute Gasteiger partial charge is 0.173 e. The van der Waals surface area contributed by atoms with Crippen molar-refractivity contribution >= 4 is 62.1 Å². The minimum absolute atomic E-state index is 0.0543. The van der Waals surface area contributed by atoms with Gasteiger partial charge in [-0.1, -0.05) is 35.5 Å². The normalized spacial score (nSPS) is 11.6. The summed E-state index contributed by atoms with van der Waals surface area (Å²) in [6.07, 6.45) is 0. The first kappa shape index (κ1) is 16.4. The lowest BCUT2D eigenvalue weighted by Gasteiger charge is -2.00. The third-order valence-corrected chi connectivity index (χ3v) is 5.54. The van der Waals surface area contributed by atoms with E-state index in [9.17, 15) is 4.79 Å². The minimum atomic E-state index is 0.0543. The van der Waals surface area contributed by atoms with Crippen molar-refractivity contribution in [2.24, 2.45) is 0 Å². The number of carbonyl (C=O) groups is 1. The number of ketones is 1. The van der Waals surface area contributed by atoms with Gasteiger partial charge in [-0.3, -0.25) is 4.79 Å². The molecule has 0 aliphatic rings. The number of halogens is 1. The quantitative estimate of drug-likeness (QED) is 0.250. The largest absolute Gasteiger partial charge is 0.339 e. The van der Waals surface area contributed by atoms with Gasteiger partial charge in [0.15, 0.2) is 10.9 Å². The van der Waals surface area contributed by atoms with E-state index in [1.807, 2.05) is 48.5 Å². The van der Waals surface area contributed by atoms with E-state index in [0.717, 1.165) is 38.1 Å². The molecule has 2 aromatic carbocycles. The van der Waals surface area contributed by atoms with Crippen molar-refractivity contribution in [3.05, 3.63) is 65.3 Å². The number of thioether (sulfide) groups is 1. The summed E-state index contributed by atoms with van der Waals surface area (Å²) < 4.78 is 0. The van der Waals surface area contributed by atoms with Gasteiger partial charge in [0, 0.05) is 21.9 Å². The average Bonchev–Trinajstić information content (AvgIpc) is 3.25. The molecule has 5 rings (SSSR count). The molecule has 0 radical (unpaired) electrons. The molecule has 132 valence electrons. The predicted octanol–water partition coefficient (Wildman–Crippen LogP) is 5.22. The maximum Gasteiger partial charge on any atom is 0.173 e. The number of imidazole rings is 1. The van der Waals surface area contributed by atoms with Crippen LogP contribution in [0.3, 0.4) is 0 Å². The molecule has 7 heteroatoms. The summed E-state index contributed by atoms with van der Waals surface area (Å²) in [4.78, 5) is 27.9. The Morgan fingerprint density at radius 2 is 1.85 bits per heavy atom. The molecule has 0 spiro atoms. The van der Waals surface area contributed by atoms with E-state index >= 15 is 0 Å². The summed E-state index contributed by atoms with van der Waals surface area (Å²) in [6, 6.07) is 17.1. The fraction of sp³-hybridized carbons (Fsp3) is 0.0500. The zero-order chi connectivity index (χ0) is 18.4. The van der Waals surface area contributed by atoms with Crippen molar-refractivity contribution in [2.45, 2.75) is 5.16 Å². The number of nitrogens with one attached hydrogen (secondary N) is 2. The molecule has 0 fully saturated rings. The van der Waals surface area contributed by atoms with Gasteiger partial charge in [0.1, 0.15) is 10.8 Å². The Labute approximate surface area is 163 Å². The summed E-state index contributed by atoms with van der Waals surface area (Å²) in [7, 11) is 0. The molecule has 0 aliphatic carbocycles. The molecule has 0 atom stereocenters. The summed E-state index contributed by atoms with van der Waals surface area (Å²) in [5, 5.41) is 3.10. The molecule has 3 aromatic heterocycles. The molecule has 0 aliphatic heterocycles. The van der Waals surface area contributed by atoms with Crippen molar-refractivity contribution in [2.75, 3.05) is 5.75 Å². The number of benzene rings is 2. The zero-order valence-electron chi connectivity index (χ0n) is 14.0. The van der Waals surface area contributed by atoms with Crippen molar-refractivity contribution in [1.29, 1.82) is 0 Å². The number of fused-ring (bicyclic) bond motifs is 4. The number of para-hydroxylation sites is 2. The second kappa shape index (κ2) is 6.40. The van der Waals surface area contributed by atoms with E-state index in [0.29, 0.717) is 16.5 Å². The van der Waals surface area contributed by atoms with E-state index < -0.39 is 0 Å². The van der Waals surface area contributed by atoms with E-state index in [2.05, 4.69) is 19.9 Å². The third kappa shape index (κ3) is 2.97. The fourth-order valence-corrected chi connectivity index (χ4v) is 4.07. The third-order valence-electron chi connectivity index (χ3n) is 4.45. The van der Waals surface area contributed by atoms with E-state index in [-0.39, 0.29) is 5.78 Å². The highest BCUT2D eigenvalue weighted by Gasteiger charge is 2.12. The number of aromatic nitrogens is 4. The summed E-state index contributed by atoms with van der Waals surface area (Å²) in [5.74, 6) is 0.372. The molecule has 0 amide bonds. The van der Waals surface area contributed by atoms with Crippen LogP contribution >= 0.6 is 23.4 Å². The number of aromatic amines is 2. The van der Waals surface area contributed by atoms with Crippen LogP contribution in [0.15, 0.2) is 59.8 Å². The second-order valence-corrected chi connectivity index (χ2v) is 7.54. The molecule has 5 aromatic rings. The summed E-state index contributed by atoms with van der Waals surface area (Å²) >= 11 is 7.37. The van der Waals surface area contributed by atoms with E-state index in [4.69, 9.17) is 11.6 Å². The molecule has 3 heterocycles. The highest BCUT2D eigenvalue weighted by atomic mass is 35.5. The topological polar surface area (TPSA) is 74.4 Å². The van der Waals surface area contributed by atoms with E-state index in [1.54, 1.807) is 6.07 Å². The SMILES string of the molecule is O=C(CSc1nc2ccccc2[nH]1)c1ccc2[nH]c3nc(Cl)ccc3c2c1. The van der Waals surface area contributed by atoms with Gasteiger partial charge in [-0.15, -0.1) is 0 Å². The van der Waals surface area contributed by atoms with Crippen molar-refractivity contribution in [3.8, 4) is 0 Å². The molecular formula is C20H13ClN4OS. The molecule has 27 heavy (non-hydrogen) atoms. The van der Waals surface area contributed by atoms with Gasteiger partial charge in [0.05, 0.1) is 16.8 Å². The average molecular weight is 393 g/mol. The van der Waals surface area contributed by atoms with Crippen LogP contribution < -0.4 is 0 Å². The van der Waals surface area contributed by atoms with E-state index in [1.165, 1.54) is 11.8 Å². The van der Waals surface area contributed by atoms with Crippen LogP contribution in [0.4, 0.5) is 0 Å². The lowest BCUT2D eigenvalue weighted by Crippen LogP contribution is -2.02. The Morgan fingerprint density at radius 1 is 0.963 bits per heavy atom. The van der Waals surface area contributed by atoms with Gasteiger partial charge in [-0.05, 0) is 42.5 Å². The predicted molar refractivity (Wildman–Crippen MR) is 110 cm³/mol. The van der Waals surface area contributed by atoms with Crippen molar-refractivity contribution in [1.82, 2.24) is 19.9 Å². The number of nitrogens with zero attached hydrogens (tertiary/aromatic N) is 2. The zero-order valence-corrected chi connectivity index (χ0v) is 15.6. The monoisotopic (exact) mass is 392 g/mol. The Morgan fingerprint density at radius 3 is 2.74 bits per heavy atom. The van der Waals surface area contributed by atoms with Crippen molar-refractivity contribution < 1.29 is 4.79 Å². The standard InChI is InChI=1S/C20H13ClN4OS/c21-18-8-6-12-13-9-11(5-7-14(13)22-19(12)25-18)17(26)10-27-20-23-15-3-1-2-4-16(15)24-20/h1-9H,10H2,(H,22,25)(H,23,24). The Kier molecular flexibility index (Phi) is 3.88. The maximum atomic E-state index is 12.7. The lowest BCUT2D eigenvalue weighted by atomic mass is 10.1. The molecule has 0 saturated carbocycles. The van der Waals surface area contributed by atoms with Crippen LogP contribution in [0.1, 0.15) is 10.4 Å². The minimum Gasteiger partial charge on any atom is -0.339 e. The number of hydrogen-bond acceptors (Lipinski definition) is 4. The Hall–Kier alpha value is -2.83. The number of pyridine rings is 1. The number of carbonyl (C=O) groups excluding carboxylic acids is 1. The molecule has 0 unspecified atom stereocenters. The Bertz CT molecular complexity index is 1290. The van der Waals surface area contributed by atoms with Crippen LogP contribution in [0.5, 0.6) is 0 Å². The van der Waals surface area contributed by atoms with Crippen LogP contribution in [-0.2, 0) is 0 Å². The second-order valence-electron chi connectivity index (χ2n) is 6.19. The van der Waals surface area contributed by atoms with Crippen LogP contribution in [0.2, 0.25) is 5.15 Å². The van der Waals surface area contributed by atoms with Gasteiger partial charge in [-0.2, -0.15) is 0 Å². The first-order valence-electron chi connectivity index (χ1n) is 8.36. The first-order valence-corrected chi connectivity index (χ1v) is 9.72. The maximum absolute atomic E-state index is 12.7. The summed E-state index contributed by atoms with van der Waals surface area (Å²) in [5.41, 5.74) is 4.19. The number of H-pyrrole nitrogens is 2. The number of hydrogen-bond donors (Lipinski definition) is 2.